The van der Waals surface area contributed by atoms with E-state index in [4.69, 9.17) is 0 Å². The highest BCUT2D eigenvalue weighted by Gasteiger charge is 2.41. The van der Waals surface area contributed by atoms with Crippen molar-refractivity contribution in [3.8, 4) is 0 Å². The van der Waals surface area contributed by atoms with Crippen molar-refractivity contribution in [1.29, 1.82) is 0 Å². The SMILES string of the molecule is CC1(NCC2(c3ccccc3)CCNCC2)CC1. The number of rotatable bonds is 4. The Kier molecular flexibility index (Phi) is 3.16. The van der Waals surface area contributed by atoms with Gasteiger partial charge >= 0.3 is 0 Å². The highest BCUT2D eigenvalue weighted by Crippen LogP contribution is 2.38. The summed E-state index contributed by atoms with van der Waals surface area (Å²) in [6.45, 7) is 5.78. The van der Waals surface area contributed by atoms with Crippen LogP contribution in [0.2, 0.25) is 0 Å². The largest absolute Gasteiger partial charge is 0.317 e. The molecule has 1 aromatic rings. The first-order valence-corrected chi connectivity index (χ1v) is 7.24. The summed E-state index contributed by atoms with van der Waals surface area (Å²) in [6, 6.07) is 11.1. The van der Waals surface area contributed by atoms with E-state index in [2.05, 4.69) is 47.9 Å². The normalized spacial score (nSPS) is 24.7. The first-order valence-electron chi connectivity index (χ1n) is 7.24. The summed E-state index contributed by atoms with van der Waals surface area (Å²) in [5.74, 6) is 0. The fourth-order valence-corrected chi connectivity index (χ4v) is 3.01. The van der Waals surface area contributed by atoms with Gasteiger partial charge in [0.2, 0.25) is 0 Å². The van der Waals surface area contributed by atoms with Gasteiger partial charge in [0, 0.05) is 17.5 Å². The number of hydrogen-bond donors (Lipinski definition) is 2. The van der Waals surface area contributed by atoms with Gasteiger partial charge < -0.3 is 10.6 Å². The van der Waals surface area contributed by atoms with Crippen LogP contribution >= 0.6 is 0 Å². The lowest BCUT2D eigenvalue weighted by Crippen LogP contribution is -2.48. The highest BCUT2D eigenvalue weighted by molar-refractivity contribution is 5.27. The van der Waals surface area contributed by atoms with Crippen LogP contribution in [0.5, 0.6) is 0 Å². The molecule has 18 heavy (non-hydrogen) atoms. The molecule has 0 aromatic heterocycles. The van der Waals surface area contributed by atoms with Crippen molar-refractivity contribution in [3.63, 3.8) is 0 Å². The summed E-state index contributed by atoms with van der Waals surface area (Å²) in [5.41, 5.74) is 2.30. The molecule has 1 saturated heterocycles. The Balaban J connectivity index is 1.79. The fraction of sp³-hybridized carbons (Fsp3) is 0.625. The molecule has 2 heteroatoms. The van der Waals surface area contributed by atoms with Crippen LogP contribution in [-0.2, 0) is 5.41 Å². The molecule has 98 valence electrons. The van der Waals surface area contributed by atoms with E-state index in [0.717, 1.165) is 19.6 Å². The number of benzene rings is 1. The average molecular weight is 244 g/mol. The quantitative estimate of drug-likeness (QED) is 0.850. The van der Waals surface area contributed by atoms with E-state index in [-0.39, 0.29) is 0 Å². The van der Waals surface area contributed by atoms with Gasteiger partial charge in [0.25, 0.3) is 0 Å². The second-order valence-electron chi connectivity index (χ2n) is 6.31. The zero-order valence-corrected chi connectivity index (χ0v) is 11.3. The Morgan fingerprint density at radius 3 is 2.33 bits per heavy atom. The van der Waals surface area contributed by atoms with Crippen molar-refractivity contribution in [1.82, 2.24) is 10.6 Å². The van der Waals surface area contributed by atoms with E-state index in [1.807, 2.05) is 0 Å². The van der Waals surface area contributed by atoms with Crippen molar-refractivity contribution in [3.05, 3.63) is 35.9 Å². The molecule has 0 amide bonds. The summed E-state index contributed by atoms with van der Waals surface area (Å²) in [5, 5.41) is 7.31. The Morgan fingerprint density at radius 2 is 1.72 bits per heavy atom. The second kappa shape index (κ2) is 4.67. The molecule has 0 radical (unpaired) electrons. The van der Waals surface area contributed by atoms with E-state index in [1.165, 1.54) is 31.2 Å². The number of hydrogen-bond acceptors (Lipinski definition) is 2. The van der Waals surface area contributed by atoms with Gasteiger partial charge in [-0.1, -0.05) is 30.3 Å². The predicted octanol–water partition coefficient (Wildman–Crippen LogP) is 2.45. The van der Waals surface area contributed by atoms with Gasteiger partial charge in [-0.05, 0) is 51.3 Å². The van der Waals surface area contributed by atoms with Crippen LogP contribution in [0.4, 0.5) is 0 Å². The average Bonchev–Trinajstić information content (AvgIpc) is 3.17. The maximum absolute atomic E-state index is 3.81. The molecule has 1 saturated carbocycles. The second-order valence-corrected chi connectivity index (χ2v) is 6.31. The molecule has 2 nitrogen and oxygen atoms in total. The molecule has 2 aliphatic rings. The topological polar surface area (TPSA) is 24.1 Å². The maximum Gasteiger partial charge on any atom is 0.0155 e. The highest BCUT2D eigenvalue weighted by atomic mass is 15.0. The first-order chi connectivity index (χ1) is 8.73. The molecule has 1 aliphatic heterocycles. The molecule has 0 bridgehead atoms. The van der Waals surface area contributed by atoms with Crippen molar-refractivity contribution < 1.29 is 0 Å². The van der Waals surface area contributed by atoms with Gasteiger partial charge in [0.05, 0.1) is 0 Å². The zero-order chi connectivity index (χ0) is 12.5. The lowest BCUT2D eigenvalue weighted by Gasteiger charge is -2.39. The summed E-state index contributed by atoms with van der Waals surface area (Å²) < 4.78 is 0. The fourth-order valence-electron chi connectivity index (χ4n) is 3.01. The van der Waals surface area contributed by atoms with Crippen LogP contribution in [0.1, 0.15) is 38.2 Å². The number of nitrogens with one attached hydrogen (secondary N) is 2. The maximum atomic E-state index is 3.81. The van der Waals surface area contributed by atoms with Gasteiger partial charge in [0.15, 0.2) is 0 Å². The van der Waals surface area contributed by atoms with E-state index >= 15 is 0 Å². The van der Waals surface area contributed by atoms with Crippen molar-refractivity contribution >= 4 is 0 Å². The Labute approximate surface area is 110 Å². The van der Waals surface area contributed by atoms with E-state index < -0.39 is 0 Å². The van der Waals surface area contributed by atoms with Crippen LogP contribution in [0, 0.1) is 0 Å². The van der Waals surface area contributed by atoms with Crippen LogP contribution in [0.25, 0.3) is 0 Å². The molecular weight excluding hydrogens is 220 g/mol. The van der Waals surface area contributed by atoms with E-state index in [0.29, 0.717) is 11.0 Å². The first kappa shape index (κ1) is 12.2. The molecule has 2 fully saturated rings. The Bertz CT molecular complexity index is 389. The van der Waals surface area contributed by atoms with Crippen LogP contribution in [0.3, 0.4) is 0 Å². The van der Waals surface area contributed by atoms with Gasteiger partial charge in [-0.2, -0.15) is 0 Å². The van der Waals surface area contributed by atoms with E-state index in [9.17, 15) is 0 Å². The van der Waals surface area contributed by atoms with Crippen molar-refractivity contribution in [2.45, 2.75) is 43.6 Å². The third-order valence-electron chi connectivity index (χ3n) is 4.80. The Morgan fingerprint density at radius 1 is 1.06 bits per heavy atom. The third kappa shape index (κ3) is 2.45. The Hall–Kier alpha value is -0.860. The molecule has 1 aromatic carbocycles. The monoisotopic (exact) mass is 244 g/mol. The smallest absolute Gasteiger partial charge is 0.0155 e. The zero-order valence-electron chi connectivity index (χ0n) is 11.3. The standard InChI is InChI=1S/C16H24N2/c1-15(7-8-15)18-13-16(9-11-17-12-10-16)14-5-3-2-4-6-14/h2-6,17-18H,7-13H2,1H3. The lowest BCUT2D eigenvalue weighted by molar-refractivity contribution is 0.280. The molecule has 0 spiro atoms. The molecule has 0 unspecified atom stereocenters. The third-order valence-corrected chi connectivity index (χ3v) is 4.80. The molecular formula is C16H24N2. The van der Waals surface area contributed by atoms with Gasteiger partial charge in [-0.25, -0.2) is 0 Å². The molecule has 1 heterocycles. The minimum atomic E-state index is 0.345. The van der Waals surface area contributed by atoms with Gasteiger partial charge in [-0.15, -0.1) is 0 Å². The van der Waals surface area contributed by atoms with Crippen LogP contribution < -0.4 is 10.6 Å². The van der Waals surface area contributed by atoms with Gasteiger partial charge in [-0.3, -0.25) is 0 Å². The van der Waals surface area contributed by atoms with E-state index in [1.54, 1.807) is 0 Å². The lowest BCUT2D eigenvalue weighted by atomic mass is 9.73. The summed E-state index contributed by atoms with van der Waals surface area (Å²) in [6.07, 6.45) is 5.19. The van der Waals surface area contributed by atoms with Gasteiger partial charge in [0.1, 0.15) is 0 Å². The summed E-state index contributed by atoms with van der Waals surface area (Å²) >= 11 is 0. The van der Waals surface area contributed by atoms with Crippen molar-refractivity contribution in [2.24, 2.45) is 0 Å². The van der Waals surface area contributed by atoms with Crippen LogP contribution in [0.15, 0.2) is 30.3 Å². The molecule has 3 rings (SSSR count). The minimum absolute atomic E-state index is 0.345. The number of piperidine rings is 1. The predicted molar refractivity (Wildman–Crippen MR) is 75.9 cm³/mol. The summed E-state index contributed by atoms with van der Waals surface area (Å²) in [4.78, 5) is 0. The molecule has 1 aliphatic carbocycles. The van der Waals surface area contributed by atoms with Crippen LogP contribution in [-0.4, -0.2) is 25.2 Å². The van der Waals surface area contributed by atoms with Crippen molar-refractivity contribution in [2.75, 3.05) is 19.6 Å². The molecule has 0 atom stereocenters. The molecule has 2 N–H and O–H groups in total. The minimum Gasteiger partial charge on any atom is -0.317 e. The summed E-state index contributed by atoms with van der Waals surface area (Å²) in [7, 11) is 0.